The molecule has 0 spiro atoms. The van der Waals surface area contributed by atoms with Gasteiger partial charge in [0.15, 0.2) is 0 Å². The first-order valence-electron chi connectivity index (χ1n) is 5.37. The minimum absolute atomic E-state index is 0.262. The van der Waals surface area contributed by atoms with Crippen LogP contribution in [0.15, 0.2) is 24.4 Å². The zero-order valence-electron chi connectivity index (χ0n) is 9.40. The summed E-state index contributed by atoms with van der Waals surface area (Å²) in [5.41, 5.74) is 1.90. The van der Waals surface area contributed by atoms with Gasteiger partial charge >= 0.3 is 0 Å². The zero-order chi connectivity index (χ0) is 12.5. The summed E-state index contributed by atoms with van der Waals surface area (Å²) in [7, 11) is 16.2. The Balaban J connectivity index is 2.14. The van der Waals surface area contributed by atoms with E-state index in [1.807, 2.05) is 12.3 Å². The fraction of sp³-hybridized carbons (Fsp3) is 0.273. The smallest absolute Gasteiger partial charge is 0.125 e. The van der Waals surface area contributed by atoms with E-state index in [1.165, 1.54) is 0 Å². The van der Waals surface area contributed by atoms with E-state index in [4.69, 9.17) is 23.5 Å². The summed E-state index contributed by atoms with van der Waals surface area (Å²) in [6.07, 6.45) is 2.53. The van der Waals surface area contributed by atoms with Crippen molar-refractivity contribution in [2.24, 2.45) is 0 Å². The number of rotatable bonds is 4. The fourth-order valence-corrected chi connectivity index (χ4v) is 1.85. The summed E-state index contributed by atoms with van der Waals surface area (Å²) >= 11 is 0. The first-order valence-corrected chi connectivity index (χ1v) is 5.37. The van der Waals surface area contributed by atoms with Crippen LogP contribution in [-0.4, -0.2) is 45.4 Å². The van der Waals surface area contributed by atoms with Crippen LogP contribution in [0.3, 0.4) is 0 Å². The van der Waals surface area contributed by atoms with E-state index >= 15 is 0 Å². The van der Waals surface area contributed by atoms with Crippen molar-refractivity contribution >= 4 is 34.4 Å². The number of benzene rings is 1. The van der Waals surface area contributed by atoms with Crippen molar-refractivity contribution < 1.29 is 5.11 Å². The van der Waals surface area contributed by atoms with E-state index in [9.17, 15) is 5.11 Å². The molecule has 0 atom stereocenters. The summed E-state index contributed by atoms with van der Waals surface area (Å²) in [5, 5.41) is 12.0. The summed E-state index contributed by atoms with van der Waals surface area (Å²) in [4.78, 5) is 3.10. The first-order chi connectivity index (χ1) is 7.97. The predicted molar refractivity (Wildman–Crippen MR) is 71.7 cm³/mol. The van der Waals surface area contributed by atoms with Crippen LogP contribution in [0.25, 0.3) is 10.9 Å². The average Bonchev–Trinajstić information content (AvgIpc) is 2.61. The topological polar surface area (TPSA) is 48.0 Å². The number of aromatic hydroxyl groups is 1. The molecule has 6 radical (unpaired) electrons. The Morgan fingerprint density at radius 1 is 1.29 bits per heavy atom. The van der Waals surface area contributed by atoms with Gasteiger partial charge in [-0.2, -0.15) is 0 Å². The molecule has 1 heterocycles. The number of hydrogen-bond acceptors (Lipinski definition) is 2. The Bertz CT molecular complexity index is 519. The second-order valence-corrected chi connectivity index (χ2v) is 4.12. The Labute approximate surface area is 104 Å². The Morgan fingerprint density at radius 2 is 2.06 bits per heavy atom. The van der Waals surface area contributed by atoms with Crippen LogP contribution in [-0.2, 0) is 6.42 Å². The number of phenolic OH excluding ortho intramolecular Hbond substituents is 1. The number of aromatic amines is 1. The number of fused-ring (bicyclic) bond motifs is 1. The van der Waals surface area contributed by atoms with Crippen LogP contribution in [0, 0.1) is 0 Å². The van der Waals surface area contributed by atoms with Crippen LogP contribution in [0.1, 0.15) is 5.56 Å². The lowest BCUT2D eigenvalue weighted by molar-refractivity contribution is 0.481. The van der Waals surface area contributed by atoms with Gasteiger partial charge in [0.1, 0.15) is 5.75 Å². The molecule has 3 nitrogen and oxygen atoms in total. The van der Waals surface area contributed by atoms with Crippen LogP contribution < -0.4 is 5.32 Å². The minimum Gasteiger partial charge on any atom is -0.507 e. The second-order valence-electron chi connectivity index (χ2n) is 4.12. The molecule has 2 rings (SSSR count). The van der Waals surface area contributed by atoms with Gasteiger partial charge < -0.3 is 15.4 Å². The molecule has 0 saturated carbocycles. The van der Waals surface area contributed by atoms with Gasteiger partial charge in [-0.1, -0.05) is 11.3 Å². The standard InChI is InChI=1S/C11H11B3N2O/c12-11(13,14)16-5-4-7-6-15-8-2-1-3-9(17)10(7)8/h1-3,6,15-17H,4-5H2. The summed E-state index contributed by atoms with van der Waals surface area (Å²) in [6.45, 7) is 0.533. The fourth-order valence-electron chi connectivity index (χ4n) is 1.85. The quantitative estimate of drug-likeness (QED) is 0.640. The molecule has 6 heteroatoms. The lowest BCUT2D eigenvalue weighted by Crippen LogP contribution is -2.47. The maximum Gasteiger partial charge on any atom is 0.125 e. The number of phenols is 1. The van der Waals surface area contributed by atoms with Gasteiger partial charge in [0, 0.05) is 17.1 Å². The largest absolute Gasteiger partial charge is 0.507 e. The van der Waals surface area contributed by atoms with Crippen molar-refractivity contribution in [2.45, 2.75) is 11.7 Å². The van der Waals surface area contributed by atoms with Gasteiger partial charge in [0.2, 0.25) is 0 Å². The van der Waals surface area contributed by atoms with Crippen LogP contribution in [0.2, 0.25) is 0 Å². The molecule has 0 unspecified atom stereocenters. The molecular weight excluding hydrogens is 209 g/mol. The molecule has 1 aromatic heterocycles. The van der Waals surface area contributed by atoms with E-state index in [1.54, 1.807) is 12.1 Å². The molecule has 3 N–H and O–H groups in total. The van der Waals surface area contributed by atoms with E-state index < -0.39 is 5.24 Å². The molecule has 17 heavy (non-hydrogen) atoms. The lowest BCUT2D eigenvalue weighted by atomic mass is 9.49. The molecule has 0 aliphatic heterocycles. The molecule has 0 aliphatic rings. The monoisotopic (exact) mass is 220 g/mol. The molecule has 1 aromatic carbocycles. The summed E-state index contributed by atoms with van der Waals surface area (Å²) < 4.78 is 0. The Kier molecular flexibility index (Phi) is 3.25. The highest BCUT2D eigenvalue weighted by atomic mass is 16.3. The SMILES string of the molecule is [B]C([B])([B])NCCc1c[nH]c2cccc(O)c12. The Morgan fingerprint density at radius 3 is 2.76 bits per heavy atom. The van der Waals surface area contributed by atoms with Crippen LogP contribution >= 0.6 is 0 Å². The number of hydrogen-bond donors (Lipinski definition) is 3. The lowest BCUT2D eigenvalue weighted by Gasteiger charge is -2.21. The molecule has 0 fully saturated rings. The number of nitrogens with one attached hydrogen (secondary N) is 2. The van der Waals surface area contributed by atoms with Gasteiger partial charge in [-0.3, -0.25) is 0 Å². The molecular formula is C11H11B3N2O. The molecule has 0 saturated heterocycles. The summed E-state index contributed by atoms with van der Waals surface area (Å²) in [6, 6.07) is 5.36. The molecule has 2 aromatic rings. The van der Waals surface area contributed by atoms with E-state index in [0.29, 0.717) is 13.0 Å². The third-order valence-corrected chi connectivity index (χ3v) is 2.59. The van der Waals surface area contributed by atoms with Gasteiger partial charge in [-0.25, -0.2) is 0 Å². The maximum absolute atomic E-state index is 9.79. The van der Waals surface area contributed by atoms with Crippen molar-refractivity contribution in [3.05, 3.63) is 30.0 Å². The third kappa shape index (κ3) is 2.89. The van der Waals surface area contributed by atoms with Crippen LogP contribution in [0.4, 0.5) is 0 Å². The predicted octanol–water partition coefficient (Wildman–Crippen LogP) is 0.122. The summed E-state index contributed by atoms with van der Waals surface area (Å²) in [5.74, 6) is 0.262. The average molecular weight is 220 g/mol. The minimum atomic E-state index is -1.37. The van der Waals surface area contributed by atoms with E-state index in [0.717, 1.165) is 16.5 Å². The van der Waals surface area contributed by atoms with Crippen molar-refractivity contribution in [3.63, 3.8) is 0 Å². The highest BCUT2D eigenvalue weighted by molar-refractivity contribution is 6.59. The van der Waals surface area contributed by atoms with Crippen molar-refractivity contribution in [1.29, 1.82) is 0 Å². The molecule has 0 bridgehead atoms. The van der Waals surface area contributed by atoms with Gasteiger partial charge in [-0.15, -0.1) is 0 Å². The van der Waals surface area contributed by atoms with Crippen molar-refractivity contribution in [3.8, 4) is 5.75 Å². The number of aromatic nitrogens is 1. The van der Waals surface area contributed by atoms with Crippen LogP contribution in [0.5, 0.6) is 5.75 Å². The third-order valence-electron chi connectivity index (χ3n) is 2.59. The Hall–Kier alpha value is -1.29. The van der Waals surface area contributed by atoms with Crippen molar-refractivity contribution in [2.75, 3.05) is 6.54 Å². The molecule has 80 valence electrons. The number of H-pyrrole nitrogens is 1. The maximum atomic E-state index is 9.79. The highest BCUT2D eigenvalue weighted by Crippen LogP contribution is 2.27. The highest BCUT2D eigenvalue weighted by Gasteiger charge is 2.10. The van der Waals surface area contributed by atoms with E-state index in [-0.39, 0.29) is 5.75 Å². The van der Waals surface area contributed by atoms with Gasteiger partial charge in [0.05, 0.1) is 23.5 Å². The van der Waals surface area contributed by atoms with Gasteiger partial charge in [0.25, 0.3) is 0 Å². The second kappa shape index (κ2) is 4.53. The van der Waals surface area contributed by atoms with Gasteiger partial charge in [-0.05, 0) is 30.7 Å². The molecule has 0 aliphatic carbocycles. The van der Waals surface area contributed by atoms with Crippen molar-refractivity contribution in [1.82, 2.24) is 10.3 Å². The first kappa shape index (κ1) is 12.2. The zero-order valence-corrected chi connectivity index (χ0v) is 9.40. The van der Waals surface area contributed by atoms with E-state index in [2.05, 4.69) is 10.3 Å². The molecule has 0 amide bonds. The normalized spacial score (nSPS) is 12.0.